The fourth-order valence-electron chi connectivity index (χ4n) is 1.03. The highest BCUT2D eigenvalue weighted by atomic mass is 16.4. The van der Waals surface area contributed by atoms with Crippen molar-refractivity contribution < 1.29 is 9.90 Å². The summed E-state index contributed by atoms with van der Waals surface area (Å²) in [6.07, 6.45) is 0.600. The molecule has 0 aromatic rings. The standard InChI is InChI=1S/C10H20N2O2/c1-5-11-8(6-7-9(13)14)12-10(2,3)4/h5-7H2,1-4H3,(H,11,12)(H,13,14). The van der Waals surface area contributed by atoms with Gasteiger partial charge < -0.3 is 10.4 Å². The Bertz CT molecular complexity index is 217. The minimum Gasteiger partial charge on any atom is -0.481 e. The predicted octanol–water partition coefficient (Wildman–Crippen LogP) is 1.66. The van der Waals surface area contributed by atoms with Crippen molar-refractivity contribution in [3.05, 3.63) is 0 Å². The molecule has 0 atom stereocenters. The van der Waals surface area contributed by atoms with E-state index in [0.29, 0.717) is 13.0 Å². The number of aliphatic carboxylic acids is 1. The summed E-state index contributed by atoms with van der Waals surface area (Å²) in [7, 11) is 0. The maximum Gasteiger partial charge on any atom is 0.303 e. The predicted molar refractivity (Wildman–Crippen MR) is 57.7 cm³/mol. The first-order valence-corrected chi connectivity index (χ1v) is 4.88. The molecule has 0 saturated heterocycles. The smallest absolute Gasteiger partial charge is 0.303 e. The first-order valence-electron chi connectivity index (χ1n) is 4.88. The number of carboxylic acid groups (broad SMARTS) is 1. The first kappa shape index (κ1) is 12.9. The lowest BCUT2D eigenvalue weighted by Gasteiger charge is -2.23. The van der Waals surface area contributed by atoms with Crippen molar-refractivity contribution in [2.45, 2.75) is 46.1 Å². The van der Waals surface area contributed by atoms with Crippen LogP contribution in [0.1, 0.15) is 40.5 Å². The van der Waals surface area contributed by atoms with E-state index < -0.39 is 5.97 Å². The molecule has 4 heteroatoms. The van der Waals surface area contributed by atoms with Gasteiger partial charge in [0.25, 0.3) is 0 Å². The van der Waals surface area contributed by atoms with Crippen LogP contribution in [0.4, 0.5) is 0 Å². The molecule has 0 heterocycles. The Morgan fingerprint density at radius 1 is 1.36 bits per heavy atom. The monoisotopic (exact) mass is 200 g/mol. The lowest BCUT2D eigenvalue weighted by atomic mass is 10.1. The van der Waals surface area contributed by atoms with E-state index in [1.807, 2.05) is 27.7 Å². The van der Waals surface area contributed by atoms with Gasteiger partial charge in [0.15, 0.2) is 0 Å². The average Bonchev–Trinajstić information content (AvgIpc) is 1.98. The molecule has 0 aromatic heterocycles. The van der Waals surface area contributed by atoms with E-state index in [-0.39, 0.29) is 12.0 Å². The van der Waals surface area contributed by atoms with Crippen molar-refractivity contribution in [3.63, 3.8) is 0 Å². The van der Waals surface area contributed by atoms with E-state index in [0.717, 1.165) is 5.84 Å². The fraction of sp³-hybridized carbons (Fsp3) is 0.800. The minimum atomic E-state index is -0.787. The third-order valence-corrected chi connectivity index (χ3v) is 1.44. The van der Waals surface area contributed by atoms with Gasteiger partial charge in [-0.05, 0) is 27.7 Å². The molecule has 14 heavy (non-hydrogen) atoms. The molecule has 0 saturated carbocycles. The van der Waals surface area contributed by atoms with Gasteiger partial charge in [0.2, 0.25) is 0 Å². The largest absolute Gasteiger partial charge is 0.481 e. The molecule has 82 valence electrons. The van der Waals surface area contributed by atoms with Gasteiger partial charge in [0.05, 0.1) is 12.3 Å². The second-order valence-corrected chi connectivity index (χ2v) is 4.19. The molecule has 0 aliphatic carbocycles. The van der Waals surface area contributed by atoms with Crippen molar-refractivity contribution in [2.75, 3.05) is 6.54 Å². The van der Waals surface area contributed by atoms with E-state index in [4.69, 9.17) is 5.11 Å². The second-order valence-electron chi connectivity index (χ2n) is 4.19. The third kappa shape index (κ3) is 7.58. The van der Waals surface area contributed by atoms with Gasteiger partial charge in [-0.3, -0.25) is 9.79 Å². The lowest BCUT2D eigenvalue weighted by Crippen LogP contribution is -2.41. The molecule has 2 N–H and O–H groups in total. The number of amidine groups is 1. The van der Waals surface area contributed by atoms with Gasteiger partial charge in [-0.25, -0.2) is 0 Å². The van der Waals surface area contributed by atoms with Gasteiger partial charge >= 0.3 is 5.97 Å². The summed E-state index contributed by atoms with van der Waals surface area (Å²) in [4.78, 5) is 14.6. The van der Waals surface area contributed by atoms with Crippen LogP contribution in [-0.2, 0) is 4.79 Å². The summed E-state index contributed by atoms with van der Waals surface area (Å²) in [5.41, 5.74) is -0.0630. The topological polar surface area (TPSA) is 61.7 Å². The highest BCUT2D eigenvalue weighted by Gasteiger charge is 2.12. The van der Waals surface area contributed by atoms with E-state index in [1.54, 1.807) is 0 Å². The zero-order valence-electron chi connectivity index (χ0n) is 9.42. The second kappa shape index (κ2) is 5.62. The maximum absolute atomic E-state index is 10.4. The molecule has 0 unspecified atom stereocenters. The first-order chi connectivity index (χ1) is 6.35. The summed E-state index contributed by atoms with van der Waals surface area (Å²) in [5.74, 6) is -0.00749. The Balaban J connectivity index is 4.17. The molecular formula is C10H20N2O2. The van der Waals surface area contributed by atoms with Crippen LogP contribution in [0.15, 0.2) is 4.99 Å². The number of aliphatic imine (C=N–C) groups is 1. The van der Waals surface area contributed by atoms with Crippen molar-refractivity contribution >= 4 is 11.8 Å². The molecule has 0 aliphatic heterocycles. The number of nitrogens with one attached hydrogen (secondary N) is 1. The minimum absolute atomic E-state index is 0.0630. The summed E-state index contributed by atoms with van der Waals surface area (Å²) in [6, 6.07) is 0. The lowest BCUT2D eigenvalue weighted by molar-refractivity contribution is -0.136. The molecule has 0 spiro atoms. The molecule has 0 aliphatic rings. The number of carbonyl (C=O) groups is 1. The molecule has 0 radical (unpaired) electrons. The van der Waals surface area contributed by atoms with Crippen molar-refractivity contribution in [2.24, 2.45) is 4.99 Å². The zero-order valence-corrected chi connectivity index (χ0v) is 9.42. The van der Waals surface area contributed by atoms with Crippen LogP contribution in [0.3, 0.4) is 0 Å². The fourth-order valence-corrected chi connectivity index (χ4v) is 1.03. The molecule has 4 nitrogen and oxygen atoms in total. The average molecular weight is 200 g/mol. The Labute approximate surface area is 85.4 Å². The summed E-state index contributed by atoms with van der Waals surface area (Å²) >= 11 is 0. The van der Waals surface area contributed by atoms with Gasteiger partial charge in [-0.15, -0.1) is 0 Å². The Hall–Kier alpha value is -1.06. The molecule has 0 aromatic carbocycles. The zero-order chi connectivity index (χ0) is 11.2. The Morgan fingerprint density at radius 3 is 2.29 bits per heavy atom. The van der Waals surface area contributed by atoms with E-state index in [2.05, 4.69) is 10.3 Å². The van der Waals surface area contributed by atoms with Crippen LogP contribution in [-0.4, -0.2) is 29.0 Å². The number of rotatable bonds is 4. The molecule has 0 amide bonds. The van der Waals surface area contributed by atoms with Gasteiger partial charge in [0.1, 0.15) is 0 Å². The summed E-state index contributed by atoms with van der Waals surface area (Å²) < 4.78 is 0. The van der Waals surface area contributed by atoms with E-state index >= 15 is 0 Å². The molecule has 0 rings (SSSR count). The van der Waals surface area contributed by atoms with Crippen molar-refractivity contribution in [1.82, 2.24) is 5.32 Å². The summed E-state index contributed by atoms with van der Waals surface area (Å²) in [5, 5.41) is 11.7. The van der Waals surface area contributed by atoms with Gasteiger partial charge in [-0.1, -0.05) is 0 Å². The van der Waals surface area contributed by atoms with Crippen LogP contribution in [0.2, 0.25) is 0 Å². The van der Waals surface area contributed by atoms with Crippen LogP contribution < -0.4 is 5.32 Å². The van der Waals surface area contributed by atoms with Gasteiger partial charge in [-0.2, -0.15) is 0 Å². The Kier molecular flexibility index (Phi) is 5.20. The van der Waals surface area contributed by atoms with Crippen molar-refractivity contribution in [3.8, 4) is 0 Å². The SMILES string of the molecule is CCN=C(CCC(=O)O)NC(C)(C)C. The normalized spacial score (nSPS) is 12.7. The highest BCUT2D eigenvalue weighted by Crippen LogP contribution is 2.02. The highest BCUT2D eigenvalue weighted by molar-refractivity contribution is 5.85. The molecule has 0 bridgehead atoms. The van der Waals surface area contributed by atoms with E-state index in [1.165, 1.54) is 0 Å². The molecule has 0 fully saturated rings. The van der Waals surface area contributed by atoms with Gasteiger partial charge in [0, 0.05) is 18.5 Å². The Morgan fingerprint density at radius 2 is 1.93 bits per heavy atom. The van der Waals surface area contributed by atoms with Crippen LogP contribution in [0.25, 0.3) is 0 Å². The summed E-state index contributed by atoms with van der Waals surface area (Å²) in [6.45, 7) is 8.69. The van der Waals surface area contributed by atoms with Crippen LogP contribution in [0, 0.1) is 0 Å². The number of nitrogens with zero attached hydrogens (tertiary/aromatic N) is 1. The number of hydrogen-bond acceptors (Lipinski definition) is 2. The van der Waals surface area contributed by atoms with Crippen LogP contribution in [0.5, 0.6) is 0 Å². The van der Waals surface area contributed by atoms with Crippen LogP contribution >= 0.6 is 0 Å². The maximum atomic E-state index is 10.4. The van der Waals surface area contributed by atoms with E-state index in [9.17, 15) is 4.79 Å². The third-order valence-electron chi connectivity index (χ3n) is 1.44. The molecular weight excluding hydrogens is 180 g/mol. The van der Waals surface area contributed by atoms with Crippen molar-refractivity contribution in [1.29, 1.82) is 0 Å². The number of carboxylic acids is 1. The quantitative estimate of drug-likeness (QED) is 0.536. The number of hydrogen-bond donors (Lipinski definition) is 2.